The van der Waals surface area contributed by atoms with Crippen molar-refractivity contribution in [1.82, 2.24) is 0 Å². The van der Waals surface area contributed by atoms with Gasteiger partial charge in [0.05, 0.1) is 0 Å². The Morgan fingerprint density at radius 1 is 0.296 bits per heavy atom. The van der Waals surface area contributed by atoms with Crippen LogP contribution in [-0.2, 0) is 28.6 Å². The molecule has 0 aromatic carbocycles. The van der Waals surface area contributed by atoms with Crippen molar-refractivity contribution in [2.45, 2.75) is 335 Å². The lowest BCUT2D eigenvalue weighted by molar-refractivity contribution is -0.167. The minimum atomic E-state index is -0.767. The molecule has 0 aliphatic rings. The van der Waals surface area contributed by atoms with Crippen LogP contribution < -0.4 is 0 Å². The molecule has 0 spiro atoms. The lowest BCUT2D eigenvalue weighted by atomic mass is 10.0. The molecule has 6 nitrogen and oxygen atoms in total. The van der Waals surface area contributed by atoms with Crippen LogP contribution in [0.15, 0.2) is 48.6 Å². The van der Waals surface area contributed by atoms with Gasteiger partial charge in [0.2, 0.25) is 0 Å². The highest BCUT2D eigenvalue weighted by Gasteiger charge is 2.19. The molecule has 0 fully saturated rings. The van der Waals surface area contributed by atoms with Gasteiger partial charge in [0, 0.05) is 19.3 Å². The molecule has 414 valence electrons. The highest BCUT2D eigenvalue weighted by molar-refractivity contribution is 5.71. The molecule has 0 saturated carbocycles. The van der Waals surface area contributed by atoms with Crippen molar-refractivity contribution < 1.29 is 28.6 Å². The minimum Gasteiger partial charge on any atom is -0.462 e. The third kappa shape index (κ3) is 58.1. The molecule has 0 aliphatic heterocycles. The first-order chi connectivity index (χ1) is 35.0. The van der Waals surface area contributed by atoms with Gasteiger partial charge in [-0.3, -0.25) is 14.4 Å². The summed E-state index contributed by atoms with van der Waals surface area (Å²) >= 11 is 0. The summed E-state index contributed by atoms with van der Waals surface area (Å²) in [5.41, 5.74) is 0. The summed E-state index contributed by atoms with van der Waals surface area (Å²) in [5, 5.41) is 0. The molecule has 1 unspecified atom stereocenters. The Morgan fingerprint density at radius 2 is 0.549 bits per heavy atom. The van der Waals surface area contributed by atoms with E-state index >= 15 is 0 Å². The maximum atomic E-state index is 12.8. The van der Waals surface area contributed by atoms with Crippen molar-refractivity contribution in [3.8, 4) is 0 Å². The van der Waals surface area contributed by atoms with Gasteiger partial charge < -0.3 is 14.2 Å². The molecule has 0 bridgehead atoms. The highest BCUT2D eigenvalue weighted by Crippen LogP contribution is 2.17. The number of rotatable bonds is 57. The predicted octanol–water partition coefficient (Wildman–Crippen LogP) is 21.0. The summed E-state index contributed by atoms with van der Waals surface area (Å²) in [4.78, 5) is 38.1. The van der Waals surface area contributed by atoms with E-state index in [2.05, 4.69) is 69.4 Å². The normalized spacial score (nSPS) is 12.3. The molecular formula is C65H118O6. The molecule has 71 heavy (non-hydrogen) atoms. The molecule has 0 N–H and O–H groups in total. The molecular weight excluding hydrogens is 877 g/mol. The molecule has 0 aliphatic carbocycles. The number of carbonyl (C=O) groups excluding carboxylic acids is 3. The van der Waals surface area contributed by atoms with Crippen LogP contribution in [0.1, 0.15) is 329 Å². The van der Waals surface area contributed by atoms with Crippen LogP contribution >= 0.6 is 0 Å². The maximum absolute atomic E-state index is 12.8. The van der Waals surface area contributed by atoms with Gasteiger partial charge in [-0.25, -0.2) is 0 Å². The van der Waals surface area contributed by atoms with Crippen LogP contribution in [0.3, 0.4) is 0 Å². The molecule has 0 aromatic rings. The van der Waals surface area contributed by atoms with E-state index in [0.29, 0.717) is 19.3 Å². The third-order valence-electron chi connectivity index (χ3n) is 13.8. The molecule has 1 atom stereocenters. The first-order valence-corrected chi connectivity index (χ1v) is 31.1. The van der Waals surface area contributed by atoms with Crippen LogP contribution in [0.25, 0.3) is 0 Å². The van der Waals surface area contributed by atoms with Gasteiger partial charge in [0.25, 0.3) is 0 Å². The van der Waals surface area contributed by atoms with E-state index in [0.717, 1.165) is 83.5 Å². The predicted molar refractivity (Wildman–Crippen MR) is 307 cm³/mol. The number of unbranched alkanes of at least 4 members (excludes halogenated alkanes) is 38. The van der Waals surface area contributed by atoms with E-state index in [-0.39, 0.29) is 31.1 Å². The fourth-order valence-corrected chi connectivity index (χ4v) is 9.20. The quantitative estimate of drug-likeness (QED) is 0.0261. The van der Waals surface area contributed by atoms with Crippen molar-refractivity contribution >= 4 is 17.9 Å². The van der Waals surface area contributed by atoms with E-state index in [1.165, 1.54) is 205 Å². The van der Waals surface area contributed by atoms with E-state index < -0.39 is 6.10 Å². The molecule has 6 heteroatoms. The topological polar surface area (TPSA) is 78.9 Å². The minimum absolute atomic E-state index is 0.0677. The van der Waals surface area contributed by atoms with Gasteiger partial charge in [0.15, 0.2) is 6.10 Å². The van der Waals surface area contributed by atoms with E-state index in [4.69, 9.17) is 14.2 Å². The average molecular weight is 996 g/mol. The summed E-state index contributed by atoms with van der Waals surface area (Å²) in [5.74, 6) is -0.852. The molecule has 0 amide bonds. The number of allylic oxidation sites excluding steroid dienone is 8. The first kappa shape index (κ1) is 68.4. The van der Waals surface area contributed by atoms with Crippen molar-refractivity contribution in [2.75, 3.05) is 13.2 Å². The van der Waals surface area contributed by atoms with E-state index in [9.17, 15) is 14.4 Å². The lowest BCUT2D eigenvalue weighted by Gasteiger charge is -2.18. The molecule has 0 rings (SSSR count). The SMILES string of the molecule is CC/C=C\C/C=C\C/C=C\C/C=C\CCCCCCCCCCCCCCCCC(=O)OCC(COC(=O)CCCCCCCCCC)OC(=O)CCCCCCCCCCCCCCCCCCCC. The van der Waals surface area contributed by atoms with Crippen molar-refractivity contribution in [1.29, 1.82) is 0 Å². The fraction of sp³-hybridized carbons (Fsp3) is 0.831. The van der Waals surface area contributed by atoms with Crippen molar-refractivity contribution in [3.05, 3.63) is 48.6 Å². The fourth-order valence-electron chi connectivity index (χ4n) is 9.20. The Labute approximate surface area is 441 Å². The molecule has 0 radical (unpaired) electrons. The number of ether oxygens (including phenoxy) is 3. The van der Waals surface area contributed by atoms with Crippen molar-refractivity contribution in [2.24, 2.45) is 0 Å². The summed E-state index contributed by atoms with van der Waals surface area (Å²) < 4.78 is 16.9. The first-order valence-electron chi connectivity index (χ1n) is 31.1. The Kier molecular flexibility index (Phi) is 57.7. The second kappa shape index (κ2) is 59.9. The Bertz CT molecular complexity index is 1230. The van der Waals surface area contributed by atoms with Crippen LogP contribution in [0.5, 0.6) is 0 Å². The summed E-state index contributed by atoms with van der Waals surface area (Å²) in [7, 11) is 0. The largest absolute Gasteiger partial charge is 0.462 e. The van der Waals surface area contributed by atoms with Gasteiger partial charge in [-0.05, 0) is 57.8 Å². The average Bonchev–Trinajstić information content (AvgIpc) is 3.37. The van der Waals surface area contributed by atoms with Crippen LogP contribution in [0, 0.1) is 0 Å². The Hall–Kier alpha value is -2.63. The standard InChI is InChI=1S/C65H118O6/c1-4-7-10-13-16-19-21-23-25-27-29-30-31-32-33-34-35-36-37-39-40-42-44-46-49-52-55-58-64(67)70-61-62(60-69-63(66)57-54-51-48-18-15-12-9-6-3)71-65(68)59-56-53-50-47-45-43-41-38-28-26-24-22-20-17-14-11-8-5-2/h7,10,16,19,23,25,29-30,62H,4-6,8-9,11-15,17-18,20-22,24,26-28,31-61H2,1-3H3/b10-7-,19-16-,25-23-,30-29-. The third-order valence-corrected chi connectivity index (χ3v) is 13.8. The van der Waals surface area contributed by atoms with Crippen LogP contribution in [0.4, 0.5) is 0 Å². The summed E-state index contributed by atoms with van der Waals surface area (Å²) in [6, 6.07) is 0. The van der Waals surface area contributed by atoms with Gasteiger partial charge >= 0.3 is 17.9 Å². The zero-order valence-corrected chi connectivity index (χ0v) is 47.5. The van der Waals surface area contributed by atoms with E-state index in [1.807, 2.05) is 0 Å². The Morgan fingerprint density at radius 3 is 0.859 bits per heavy atom. The number of esters is 3. The molecule has 0 heterocycles. The number of hydrogen-bond donors (Lipinski definition) is 0. The Balaban J connectivity index is 4.11. The maximum Gasteiger partial charge on any atom is 0.306 e. The number of hydrogen-bond acceptors (Lipinski definition) is 6. The zero-order chi connectivity index (χ0) is 51.4. The van der Waals surface area contributed by atoms with Gasteiger partial charge in [-0.2, -0.15) is 0 Å². The molecule has 0 aromatic heterocycles. The zero-order valence-electron chi connectivity index (χ0n) is 47.5. The van der Waals surface area contributed by atoms with Gasteiger partial charge in [0.1, 0.15) is 13.2 Å². The van der Waals surface area contributed by atoms with Crippen molar-refractivity contribution in [3.63, 3.8) is 0 Å². The monoisotopic (exact) mass is 995 g/mol. The summed E-state index contributed by atoms with van der Waals surface area (Å²) in [6.45, 7) is 6.55. The lowest BCUT2D eigenvalue weighted by Crippen LogP contribution is -2.30. The smallest absolute Gasteiger partial charge is 0.306 e. The highest BCUT2D eigenvalue weighted by atomic mass is 16.6. The second-order valence-corrected chi connectivity index (χ2v) is 21.0. The number of carbonyl (C=O) groups is 3. The van der Waals surface area contributed by atoms with Gasteiger partial charge in [-0.1, -0.05) is 301 Å². The van der Waals surface area contributed by atoms with E-state index in [1.54, 1.807) is 0 Å². The second-order valence-electron chi connectivity index (χ2n) is 21.0. The summed E-state index contributed by atoms with van der Waals surface area (Å²) in [6.07, 6.45) is 74.2. The van der Waals surface area contributed by atoms with Gasteiger partial charge in [-0.15, -0.1) is 0 Å². The van der Waals surface area contributed by atoms with Crippen LogP contribution in [0.2, 0.25) is 0 Å². The van der Waals surface area contributed by atoms with Crippen LogP contribution in [-0.4, -0.2) is 37.2 Å². The molecule has 0 saturated heterocycles.